The first-order valence-corrected chi connectivity index (χ1v) is 6.32. The van der Waals surface area contributed by atoms with E-state index in [9.17, 15) is 0 Å². The first-order valence-electron chi connectivity index (χ1n) is 6.32. The predicted molar refractivity (Wildman–Crippen MR) is 68.8 cm³/mol. The van der Waals surface area contributed by atoms with Crippen LogP contribution in [0.15, 0.2) is 0 Å². The average Bonchev–Trinajstić information content (AvgIpc) is 2.14. The van der Waals surface area contributed by atoms with Gasteiger partial charge in [-0.1, -0.05) is 13.8 Å². The van der Waals surface area contributed by atoms with Crippen LogP contribution in [0.3, 0.4) is 0 Å². The molecule has 1 N–H and O–H groups in total. The van der Waals surface area contributed by atoms with Crippen LogP contribution in [0.5, 0.6) is 0 Å². The molecule has 0 bridgehead atoms. The number of ether oxygens (including phenoxy) is 2. The summed E-state index contributed by atoms with van der Waals surface area (Å²) in [5.74, 6) is 0.584. The average molecular weight is 231 g/mol. The van der Waals surface area contributed by atoms with Gasteiger partial charge < -0.3 is 14.8 Å². The van der Waals surface area contributed by atoms with Gasteiger partial charge in [0.05, 0.1) is 18.8 Å². The van der Waals surface area contributed by atoms with Crippen LogP contribution in [0.1, 0.15) is 41.5 Å². The quantitative estimate of drug-likeness (QED) is 0.651. The summed E-state index contributed by atoms with van der Waals surface area (Å²) >= 11 is 0. The molecule has 0 amide bonds. The highest BCUT2D eigenvalue weighted by Crippen LogP contribution is 2.06. The molecule has 0 heterocycles. The van der Waals surface area contributed by atoms with Crippen LogP contribution in [0.25, 0.3) is 0 Å². The molecule has 0 rings (SSSR count). The van der Waals surface area contributed by atoms with Gasteiger partial charge in [-0.15, -0.1) is 0 Å². The molecule has 0 aliphatic carbocycles. The van der Waals surface area contributed by atoms with Gasteiger partial charge in [0, 0.05) is 19.2 Å². The second-order valence-electron chi connectivity index (χ2n) is 5.42. The molecule has 0 saturated heterocycles. The van der Waals surface area contributed by atoms with E-state index in [-0.39, 0.29) is 5.60 Å². The van der Waals surface area contributed by atoms with Crippen molar-refractivity contribution < 1.29 is 9.47 Å². The van der Waals surface area contributed by atoms with Crippen LogP contribution < -0.4 is 5.32 Å². The minimum atomic E-state index is -0.0467. The molecule has 3 nitrogen and oxygen atoms in total. The number of rotatable bonds is 8. The van der Waals surface area contributed by atoms with Gasteiger partial charge in [0.25, 0.3) is 0 Å². The van der Waals surface area contributed by atoms with Crippen molar-refractivity contribution in [2.45, 2.75) is 53.2 Å². The molecule has 0 aromatic heterocycles. The van der Waals surface area contributed by atoms with Gasteiger partial charge in [0.15, 0.2) is 0 Å². The summed E-state index contributed by atoms with van der Waals surface area (Å²) < 4.78 is 11.1. The topological polar surface area (TPSA) is 30.5 Å². The van der Waals surface area contributed by atoms with E-state index in [1.54, 1.807) is 0 Å². The molecular weight excluding hydrogens is 202 g/mol. The third kappa shape index (κ3) is 9.13. The van der Waals surface area contributed by atoms with Crippen molar-refractivity contribution in [1.82, 2.24) is 5.32 Å². The lowest BCUT2D eigenvalue weighted by atomic mass is 10.1. The highest BCUT2D eigenvalue weighted by molar-refractivity contribution is 4.70. The van der Waals surface area contributed by atoms with Crippen molar-refractivity contribution in [2.24, 2.45) is 5.92 Å². The Labute approximate surface area is 101 Å². The van der Waals surface area contributed by atoms with Gasteiger partial charge in [0.2, 0.25) is 0 Å². The van der Waals surface area contributed by atoms with Gasteiger partial charge in [0.1, 0.15) is 0 Å². The Morgan fingerprint density at radius 1 is 1.19 bits per heavy atom. The molecule has 0 aliphatic rings. The van der Waals surface area contributed by atoms with E-state index in [1.807, 2.05) is 6.92 Å². The Bertz CT molecular complexity index is 164. The van der Waals surface area contributed by atoms with Crippen LogP contribution in [-0.2, 0) is 9.47 Å². The Morgan fingerprint density at radius 2 is 1.81 bits per heavy atom. The van der Waals surface area contributed by atoms with E-state index in [2.05, 4.69) is 39.9 Å². The third-order valence-corrected chi connectivity index (χ3v) is 2.35. The number of hydrogen-bond acceptors (Lipinski definition) is 3. The van der Waals surface area contributed by atoms with Crippen molar-refractivity contribution in [3.63, 3.8) is 0 Å². The fourth-order valence-electron chi connectivity index (χ4n) is 1.33. The molecule has 1 atom stereocenters. The predicted octanol–water partition coefficient (Wildman–Crippen LogP) is 2.45. The molecule has 3 heteroatoms. The van der Waals surface area contributed by atoms with E-state index in [4.69, 9.17) is 9.47 Å². The minimum absolute atomic E-state index is 0.0467. The summed E-state index contributed by atoms with van der Waals surface area (Å²) in [5, 5.41) is 3.48. The van der Waals surface area contributed by atoms with Crippen LogP contribution in [-0.4, -0.2) is 38.0 Å². The molecule has 0 aliphatic heterocycles. The van der Waals surface area contributed by atoms with E-state index in [1.165, 1.54) is 0 Å². The monoisotopic (exact) mass is 231 g/mol. The Balaban J connectivity index is 3.68. The first kappa shape index (κ1) is 15.9. The summed E-state index contributed by atoms with van der Waals surface area (Å²) in [6.45, 7) is 15.9. The summed E-state index contributed by atoms with van der Waals surface area (Å²) in [6, 6.07) is 0.420. The van der Waals surface area contributed by atoms with Gasteiger partial charge in [-0.25, -0.2) is 0 Å². The molecule has 16 heavy (non-hydrogen) atoms. The van der Waals surface area contributed by atoms with Crippen LogP contribution in [0, 0.1) is 5.92 Å². The zero-order valence-electron chi connectivity index (χ0n) is 11.8. The summed E-state index contributed by atoms with van der Waals surface area (Å²) in [5.41, 5.74) is -0.0467. The fraction of sp³-hybridized carbons (Fsp3) is 1.00. The fourth-order valence-corrected chi connectivity index (χ4v) is 1.33. The Kier molecular flexibility index (Phi) is 7.98. The number of nitrogens with one attached hydrogen (secondary N) is 1. The van der Waals surface area contributed by atoms with Crippen molar-refractivity contribution >= 4 is 0 Å². The van der Waals surface area contributed by atoms with E-state index in [0.29, 0.717) is 12.0 Å². The molecule has 0 fully saturated rings. The third-order valence-electron chi connectivity index (χ3n) is 2.35. The molecule has 0 aromatic carbocycles. The van der Waals surface area contributed by atoms with E-state index >= 15 is 0 Å². The maximum absolute atomic E-state index is 5.66. The van der Waals surface area contributed by atoms with Gasteiger partial charge in [-0.05, 0) is 33.6 Å². The molecule has 98 valence electrons. The largest absolute Gasteiger partial charge is 0.380 e. The molecule has 0 aromatic rings. The van der Waals surface area contributed by atoms with Crippen LogP contribution in [0.4, 0.5) is 0 Å². The second kappa shape index (κ2) is 8.04. The molecule has 0 spiro atoms. The molecule has 1 unspecified atom stereocenters. The summed E-state index contributed by atoms with van der Waals surface area (Å²) in [7, 11) is 0. The molecular formula is C13H29NO2. The first-order chi connectivity index (χ1) is 7.37. The Hall–Kier alpha value is -0.120. The normalized spacial score (nSPS) is 14.4. The SMILES string of the molecule is CCOCC(NCCOC(C)(C)C)C(C)C. The molecule has 0 radical (unpaired) electrons. The van der Waals surface area contributed by atoms with Crippen molar-refractivity contribution in [3.8, 4) is 0 Å². The van der Waals surface area contributed by atoms with Crippen LogP contribution in [0.2, 0.25) is 0 Å². The molecule has 0 saturated carbocycles. The highest BCUT2D eigenvalue weighted by Gasteiger charge is 2.13. The maximum atomic E-state index is 5.66. The Morgan fingerprint density at radius 3 is 2.25 bits per heavy atom. The highest BCUT2D eigenvalue weighted by atomic mass is 16.5. The lowest BCUT2D eigenvalue weighted by molar-refractivity contribution is -0.00357. The van der Waals surface area contributed by atoms with Crippen molar-refractivity contribution in [3.05, 3.63) is 0 Å². The van der Waals surface area contributed by atoms with E-state index < -0.39 is 0 Å². The lowest BCUT2D eigenvalue weighted by Gasteiger charge is -2.24. The van der Waals surface area contributed by atoms with Gasteiger partial charge in [-0.2, -0.15) is 0 Å². The second-order valence-corrected chi connectivity index (χ2v) is 5.42. The number of hydrogen-bond donors (Lipinski definition) is 1. The zero-order chi connectivity index (χ0) is 12.6. The van der Waals surface area contributed by atoms with E-state index in [0.717, 1.165) is 26.4 Å². The van der Waals surface area contributed by atoms with Crippen molar-refractivity contribution in [2.75, 3.05) is 26.4 Å². The summed E-state index contributed by atoms with van der Waals surface area (Å²) in [6.07, 6.45) is 0. The maximum Gasteiger partial charge on any atom is 0.0621 e. The van der Waals surface area contributed by atoms with Gasteiger partial charge >= 0.3 is 0 Å². The smallest absolute Gasteiger partial charge is 0.0621 e. The minimum Gasteiger partial charge on any atom is -0.380 e. The zero-order valence-corrected chi connectivity index (χ0v) is 11.8. The standard InChI is InChI=1S/C13H29NO2/c1-7-15-10-12(11(2)3)14-8-9-16-13(4,5)6/h11-12,14H,7-10H2,1-6H3. The lowest BCUT2D eigenvalue weighted by Crippen LogP contribution is -2.40. The van der Waals surface area contributed by atoms with Crippen molar-refractivity contribution in [1.29, 1.82) is 0 Å². The van der Waals surface area contributed by atoms with Crippen LogP contribution >= 0.6 is 0 Å². The van der Waals surface area contributed by atoms with Gasteiger partial charge in [-0.3, -0.25) is 0 Å². The summed E-state index contributed by atoms with van der Waals surface area (Å²) in [4.78, 5) is 0.